The number of benzene rings is 3. The van der Waals surface area contributed by atoms with Gasteiger partial charge in [-0.15, -0.1) is 0 Å². The van der Waals surface area contributed by atoms with E-state index in [4.69, 9.17) is 21.1 Å². The molecule has 0 radical (unpaired) electrons. The summed E-state index contributed by atoms with van der Waals surface area (Å²) in [5, 5.41) is 1.75. The number of halogens is 1. The summed E-state index contributed by atoms with van der Waals surface area (Å²) in [6.07, 6.45) is 3.89. The van der Waals surface area contributed by atoms with Crippen LogP contribution in [-0.4, -0.2) is 10.4 Å². The summed E-state index contributed by atoms with van der Waals surface area (Å²) in [7, 11) is 0. The van der Waals surface area contributed by atoms with Crippen molar-refractivity contribution >= 4 is 34.4 Å². The van der Waals surface area contributed by atoms with E-state index in [2.05, 4.69) is 29.8 Å². The van der Waals surface area contributed by atoms with Gasteiger partial charge in [0.1, 0.15) is 18.1 Å². The molecule has 0 fully saturated rings. The van der Waals surface area contributed by atoms with Gasteiger partial charge in [0, 0.05) is 45.4 Å². The van der Waals surface area contributed by atoms with Crippen molar-refractivity contribution < 1.29 is 14.3 Å². The number of ether oxygens (including phenoxy) is 2. The number of aromatic nitrogens is 1. The summed E-state index contributed by atoms with van der Waals surface area (Å²) in [5.74, 6) is 1.43. The molecular formula is C27H22ClNO3. The van der Waals surface area contributed by atoms with Gasteiger partial charge in [-0.05, 0) is 44.2 Å². The van der Waals surface area contributed by atoms with Crippen LogP contribution in [-0.2, 0) is 13.2 Å². The number of nitrogens with zero attached hydrogens (tertiary/aromatic N) is 1. The number of hydrogen-bond donors (Lipinski definition) is 0. The minimum atomic E-state index is -0.117. The van der Waals surface area contributed by atoms with E-state index in [-0.39, 0.29) is 5.78 Å². The summed E-state index contributed by atoms with van der Waals surface area (Å²) in [5.41, 5.74) is 4.35. The molecule has 32 heavy (non-hydrogen) atoms. The molecule has 2 heterocycles. The molecule has 160 valence electrons. The standard InChI is InChI=1S/C27H22ClNO3/c1-3-29-15-19(20-9-5-7-11-23(20)29)14-25-26(30)21-12-13-24(17(2)27(21)32-25)31-16-18-8-4-6-10-22(18)28/h4-15H,3,16H2,1-2H3/b25-14+. The van der Waals surface area contributed by atoms with Crippen molar-refractivity contribution in [2.24, 2.45) is 0 Å². The van der Waals surface area contributed by atoms with Crippen molar-refractivity contribution in [3.8, 4) is 11.5 Å². The Hall–Kier alpha value is -3.50. The third-order valence-electron chi connectivity index (χ3n) is 5.82. The zero-order chi connectivity index (χ0) is 22.2. The van der Waals surface area contributed by atoms with E-state index in [0.717, 1.165) is 34.1 Å². The van der Waals surface area contributed by atoms with Gasteiger partial charge < -0.3 is 14.0 Å². The molecule has 0 N–H and O–H groups in total. The highest BCUT2D eigenvalue weighted by molar-refractivity contribution is 6.31. The minimum absolute atomic E-state index is 0.117. The summed E-state index contributed by atoms with van der Waals surface area (Å²) in [6.45, 7) is 5.19. The van der Waals surface area contributed by atoms with E-state index < -0.39 is 0 Å². The lowest BCUT2D eigenvalue weighted by molar-refractivity contribution is 0.101. The quantitative estimate of drug-likeness (QED) is 0.318. The molecule has 0 atom stereocenters. The van der Waals surface area contributed by atoms with Crippen LogP contribution >= 0.6 is 11.6 Å². The molecule has 0 bridgehead atoms. The lowest BCUT2D eigenvalue weighted by Gasteiger charge is -2.12. The van der Waals surface area contributed by atoms with Crippen LogP contribution < -0.4 is 9.47 Å². The van der Waals surface area contributed by atoms with Crippen molar-refractivity contribution in [1.29, 1.82) is 0 Å². The fourth-order valence-corrected chi connectivity index (χ4v) is 4.28. The Morgan fingerprint density at radius 3 is 2.66 bits per heavy atom. The number of ketones is 1. The molecule has 1 aliphatic rings. The second-order valence-corrected chi connectivity index (χ2v) is 8.18. The molecule has 0 spiro atoms. The van der Waals surface area contributed by atoms with Gasteiger partial charge in [0.15, 0.2) is 5.76 Å². The van der Waals surface area contributed by atoms with Crippen molar-refractivity contribution in [2.45, 2.75) is 27.0 Å². The first-order valence-corrected chi connectivity index (χ1v) is 11.0. The maximum atomic E-state index is 13.0. The van der Waals surface area contributed by atoms with Crippen LogP contribution in [0.1, 0.15) is 34.0 Å². The molecule has 1 aliphatic heterocycles. The normalized spacial score (nSPS) is 14.1. The van der Waals surface area contributed by atoms with Gasteiger partial charge in [-0.2, -0.15) is 0 Å². The van der Waals surface area contributed by atoms with Crippen molar-refractivity contribution in [2.75, 3.05) is 0 Å². The van der Waals surface area contributed by atoms with Crippen LogP contribution in [0.5, 0.6) is 11.5 Å². The van der Waals surface area contributed by atoms with E-state index in [1.165, 1.54) is 0 Å². The Bertz CT molecular complexity index is 1380. The Balaban J connectivity index is 1.45. The van der Waals surface area contributed by atoms with Crippen molar-refractivity contribution in [1.82, 2.24) is 4.57 Å². The van der Waals surface area contributed by atoms with Crippen LogP contribution in [0.15, 0.2) is 72.6 Å². The van der Waals surface area contributed by atoms with Gasteiger partial charge in [-0.25, -0.2) is 0 Å². The highest BCUT2D eigenvalue weighted by Crippen LogP contribution is 2.40. The largest absolute Gasteiger partial charge is 0.488 e. The second-order valence-electron chi connectivity index (χ2n) is 7.77. The zero-order valence-corrected chi connectivity index (χ0v) is 18.6. The monoisotopic (exact) mass is 443 g/mol. The molecule has 0 unspecified atom stereocenters. The number of carbonyl (C=O) groups excluding carboxylic acids is 1. The molecular weight excluding hydrogens is 422 g/mol. The lowest BCUT2D eigenvalue weighted by Crippen LogP contribution is -1.99. The molecule has 0 saturated heterocycles. The third kappa shape index (κ3) is 3.47. The predicted molar refractivity (Wildman–Crippen MR) is 128 cm³/mol. The van der Waals surface area contributed by atoms with Crippen molar-refractivity contribution in [3.63, 3.8) is 0 Å². The molecule has 0 aliphatic carbocycles. The van der Waals surface area contributed by atoms with Crippen LogP contribution in [0.25, 0.3) is 17.0 Å². The topological polar surface area (TPSA) is 40.5 Å². The third-order valence-corrected chi connectivity index (χ3v) is 6.19. The summed E-state index contributed by atoms with van der Waals surface area (Å²) >= 11 is 6.23. The number of hydrogen-bond acceptors (Lipinski definition) is 3. The van der Waals surface area contributed by atoms with E-state index >= 15 is 0 Å². The number of allylic oxidation sites excluding steroid dienone is 1. The number of rotatable bonds is 5. The van der Waals surface area contributed by atoms with Crippen LogP contribution in [0.4, 0.5) is 0 Å². The Kier molecular flexibility index (Phi) is 5.24. The Labute approximate surface area is 191 Å². The lowest BCUT2D eigenvalue weighted by atomic mass is 10.1. The van der Waals surface area contributed by atoms with Gasteiger partial charge in [0.05, 0.1) is 5.56 Å². The number of fused-ring (bicyclic) bond motifs is 2. The second kappa shape index (κ2) is 8.21. The smallest absolute Gasteiger partial charge is 0.231 e. The number of Topliss-reactive ketones (excluding diaryl/α,β-unsaturated/α-hetero) is 1. The van der Waals surface area contributed by atoms with Gasteiger partial charge >= 0.3 is 0 Å². The predicted octanol–water partition coefficient (Wildman–Crippen LogP) is 6.82. The number of carbonyl (C=O) groups is 1. The number of para-hydroxylation sites is 1. The Morgan fingerprint density at radius 1 is 1.06 bits per heavy atom. The van der Waals surface area contributed by atoms with Gasteiger partial charge in [0.25, 0.3) is 0 Å². The van der Waals surface area contributed by atoms with E-state index in [1.54, 1.807) is 6.07 Å². The van der Waals surface area contributed by atoms with Crippen LogP contribution in [0.2, 0.25) is 5.02 Å². The van der Waals surface area contributed by atoms with Gasteiger partial charge in [-0.1, -0.05) is 48.0 Å². The first kappa shape index (κ1) is 20.4. The molecule has 3 aromatic carbocycles. The molecule has 4 nitrogen and oxygen atoms in total. The zero-order valence-electron chi connectivity index (χ0n) is 17.9. The molecule has 0 saturated carbocycles. The van der Waals surface area contributed by atoms with E-state index in [0.29, 0.717) is 34.5 Å². The van der Waals surface area contributed by atoms with Gasteiger partial charge in [0.2, 0.25) is 5.78 Å². The van der Waals surface area contributed by atoms with Crippen LogP contribution in [0.3, 0.4) is 0 Å². The van der Waals surface area contributed by atoms with Crippen molar-refractivity contribution in [3.05, 3.63) is 99.9 Å². The fraction of sp³-hybridized carbons (Fsp3) is 0.148. The average molecular weight is 444 g/mol. The minimum Gasteiger partial charge on any atom is -0.488 e. The first-order valence-electron chi connectivity index (χ1n) is 10.6. The molecule has 5 heteroatoms. The highest BCUT2D eigenvalue weighted by Gasteiger charge is 2.30. The van der Waals surface area contributed by atoms with E-state index in [9.17, 15) is 4.79 Å². The maximum Gasteiger partial charge on any atom is 0.231 e. The summed E-state index contributed by atoms with van der Waals surface area (Å²) < 4.78 is 14.2. The first-order chi connectivity index (χ1) is 15.6. The Morgan fingerprint density at radius 2 is 1.84 bits per heavy atom. The summed E-state index contributed by atoms with van der Waals surface area (Å²) in [6, 6.07) is 19.3. The fourth-order valence-electron chi connectivity index (χ4n) is 4.09. The van der Waals surface area contributed by atoms with Crippen LogP contribution in [0, 0.1) is 6.92 Å². The molecule has 4 aromatic rings. The molecule has 1 aromatic heterocycles. The number of aryl methyl sites for hydroxylation is 1. The molecule has 5 rings (SSSR count). The molecule has 0 amide bonds. The highest BCUT2D eigenvalue weighted by atomic mass is 35.5. The maximum absolute atomic E-state index is 13.0. The van der Waals surface area contributed by atoms with E-state index in [1.807, 2.05) is 55.5 Å². The van der Waals surface area contributed by atoms with Gasteiger partial charge in [-0.3, -0.25) is 4.79 Å². The SMILES string of the molecule is CCn1cc(/C=C2/Oc3c(ccc(OCc4ccccc4Cl)c3C)C2=O)c2ccccc21. The average Bonchev–Trinajstić information content (AvgIpc) is 3.33. The summed E-state index contributed by atoms with van der Waals surface area (Å²) in [4.78, 5) is 13.0.